The summed E-state index contributed by atoms with van der Waals surface area (Å²) < 4.78 is 11.0. The van der Waals surface area contributed by atoms with Crippen LogP contribution in [0.5, 0.6) is 5.75 Å². The van der Waals surface area contributed by atoms with E-state index in [-0.39, 0.29) is 19.1 Å². The number of aromatic nitrogens is 1. The van der Waals surface area contributed by atoms with Crippen molar-refractivity contribution < 1.29 is 19.2 Å². The van der Waals surface area contributed by atoms with Gasteiger partial charge in [-0.1, -0.05) is 31.1 Å². The third-order valence-electron chi connectivity index (χ3n) is 4.57. The Morgan fingerprint density at radius 1 is 1.33 bits per heavy atom. The molecule has 0 saturated heterocycles. The van der Waals surface area contributed by atoms with E-state index in [1.54, 1.807) is 25.1 Å². The smallest absolute Gasteiger partial charge is 0.255 e. The van der Waals surface area contributed by atoms with Gasteiger partial charge in [0, 0.05) is 6.54 Å². The molecule has 0 bridgehead atoms. The maximum Gasteiger partial charge on any atom is 0.255 e. The summed E-state index contributed by atoms with van der Waals surface area (Å²) >= 11 is 0. The zero-order valence-corrected chi connectivity index (χ0v) is 16.8. The van der Waals surface area contributed by atoms with Crippen LogP contribution < -0.4 is 10.1 Å². The molecule has 1 aromatic heterocycles. The normalized spacial score (nSPS) is 13.4. The van der Waals surface area contributed by atoms with Gasteiger partial charge in [-0.05, 0) is 51.7 Å². The van der Waals surface area contributed by atoms with Crippen LogP contribution in [0.3, 0.4) is 0 Å². The fraction of sp³-hybridized carbons (Fsp3) is 0.524. The molecule has 1 heterocycles. The maximum atomic E-state index is 12.6. The number of amides is 1. The Hall–Kier alpha value is -2.34. The van der Waals surface area contributed by atoms with E-state index in [4.69, 9.17) is 9.26 Å². The van der Waals surface area contributed by atoms with Crippen molar-refractivity contribution in [3.8, 4) is 5.75 Å². The lowest BCUT2D eigenvalue weighted by Crippen LogP contribution is -2.40. The minimum absolute atomic E-state index is 0.191. The number of rotatable bonds is 9. The molecule has 6 heteroatoms. The number of ether oxygens (including phenoxy) is 1. The van der Waals surface area contributed by atoms with E-state index in [0.29, 0.717) is 29.4 Å². The number of carbonyl (C=O) groups excluding carboxylic acids is 1. The first-order chi connectivity index (χ1) is 12.7. The highest BCUT2D eigenvalue weighted by molar-refractivity contribution is 5.96. The minimum Gasteiger partial charge on any atom is -0.488 e. The SMILES string of the molecule is Cc1noc(C)c1COc1ccccc1C(=O)NC[C@@](C)(O)CCC(C)C. The molecule has 2 rings (SSSR count). The number of aryl methyl sites for hydroxylation is 2. The summed E-state index contributed by atoms with van der Waals surface area (Å²) in [5, 5.41) is 17.2. The quantitative estimate of drug-likeness (QED) is 0.698. The summed E-state index contributed by atoms with van der Waals surface area (Å²) in [6, 6.07) is 7.07. The van der Waals surface area contributed by atoms with Crippen LogP contribution >= 0.6 is 0 Å². The fourth-order valence-corrected chi connectivity index (χ4v) is 2.69. The average Bonchev–Trinajstić information content (AvgIpc) is 2.94. The van der Waals surface area contributed by atoms with E-state index >= 15 is 0 Å². The zero-order valence-electron chi connectivity index (χ0n) is 16.8. The lowest BCUT2D eigenvalue weighted by Gasteiger charge is -2.24. The third kappa shape index (κ3) is 6.10. The van der Waals surface area contributed by atoms with Gasteiger partial charge >= 0.3 is 0 Å². The molecule has 0 spiro atoms. The molecule has 27 heavy (non-hydrogen) atoms. The average molecular weight is 374 g/mol. The first kappa shape index (κ1) is 21.0. The number of nitrogens with zero attached hydrogens (tertiary/aromatic N) is 1. The van der Waals surface area contributed by atoms with Crippen LogP contribution in [0.25, 0.3) is 0 Å². The molecular weight excluding hydrogens is 344 g/mol. The van der Waals surface area contributed by atoms with Gasteiger partial charge in [-0.2, -0.15) is 0 Å². The number of hydrogen-bond donors (Lipinski definition) is 2. The fourth-order valence-electron chi connectivity index (χ4n) is 2.69. The number of carbonyl (C=O) groups is 1. The highest BCUT2D eigenvalue weighted by atomic mass is 16.5. The van der Waals surface area contributed by atoms with E-state index in [1.807, 2.05) is 19.9 Å². The molecule has 0 fully saturated rings. The van der Waals surface area contributed by atoms with Crippen LogP contribution in [-0.2, 0) is 6.61 Å². The number of benzene rings is 1. The summed E-state index contributed by atoms with van der Waals surface area (Å²) in [4.78, 5) is 12.6. The lowest BCUT2D eigenvalue weighted by molar-refractivity contribution is 0.0428. The van der Waals surface area contributed by atoms with Gasteiger partial charge in [0.05, 0.1) is 22.4 Å². The van der Waals surface area contributed by atoms with Crippen molar-refractivity contribution >= 4 is 5.91 Å². The maximum absolute atomic E-state index is 12.6. The van der Waals surface area contributed by atoms with Crippen molar-refractivity contribution in [3.63, 3.8) is 0 Å². The minimum atomic E-state index is -0.938. The molecule has 0 unspecified atom stereocenters. The van der Waals surface area contributed by atoms with Gasteiger partial charge in [0.25, 0.3) is 5.91 Å². The number of nitrogens with one attached hydrogen (secondary N) is 1. The van der Waals surface area contributed by atoms with E-state index in [9.17, 15) is 9.90 Å². The molecule has 2 N–H and O–H groups in total. The highest BCUT2D eigenvalue weighted by Gasteiger charge is 2.23. The van der Waals surface area contributed by atoms with Crippen LogP contribution in [0.1, 0.15) is 61.0 Å². The van der Waals surface area contributed by atoms with Crippen LogP contribution in [0.2, 0.25) is 0 Å². The van der Waals surface area contributed by atoms with Crippen molar-refractivity contribution in [2.45, 2.75) is 59.7 Å². The highest BCUT2D eigenvalue weighted by Crippen LogP contribution is 2.22. The first-order valence-electron chi connectivity index (χ1n) is 9.34. The largest absolute Gasteiger partial charge is 0.488 e. The molecule has 1 aromatic carbocycles. The number of para-hydroxylation sites is 1. The molecule has 0 aliphatic heterocycles. The zero-order chi connectivity index (χ0) is 20.0. The molecule has 0 radical (unpaired) electrons. The van der Waals surface area contributed by atoms with Crippen molar-refractivity contribution in [1.29, 1.82) is 0 Å². The Morgan fingerprint density at radius 2 is 2.04 bits per heavy atom. The summed E-state index contributed by atoms with van der Waals surface area (Å²) in [7, 11) is 0. The topological polar surface area (TPSA) is 84.6 Å². The molecule has 1 atom stereocenters. The molecule has 148 valence electrons. The predicted octanol–water partition coefficient (Wildman–Crippen LogP) is 3.79. The Labute approximate surface area is 160 Å². The molecular formula is C21H30N2O4. The van der Waals surface area contributed by atoms with Crippen molar-refractivity contribution in [2.75, 3.05) is 6.54 Å². The van der Waals surface area contributed by atoms with Gasteiger partial charge < -0.3 is 19.7 Å². The number of aliphatic hydroxyl groups is 1. The van der Waals surface area contributed by atoms with Gasteiger partial charge in [0.15, 0.2) is 0 Å². The second kappa shape index (κ2) is 9.04. The third-order valence-corrected chi connectivity index (χ3v) is 4.57. The standard InChI is InChI=1S/C21H30N2O4/c1-14(2)10-11-21(5,25)13-22-20(24)17-8-6-7-9-19(17)26-12-18-15(3)23-27-16(18)4/h6-9,14,25H,10-13H2,1-5H3,(H,22,24)/t21-/m0/s1. The van der Waals surface area contributed by atoms with Gasteiger partial charge in [-0.25, -0.2) is 0 Å². The van der Waals surface area contributed by atoms with Crippen LogP contribution in [0.4, 0.5) is 0 Å². The Bertz CT molecular complexity index is 746. The predicted molar refractivity (Wildman–Crippen MR) is 104 cm³/mol. The Balaban J connectivity index is 2.00. The summed E-state index contributed by atoms with van der Waals surface area (Å²) in [6.07, 6.45) is 1.54. The second-order valence-corrected chi connectivity index (χ2v) is 7.70. The Kier molecular flexibility index (Phi) is 7.02. The van der Waals surface area contributed by atoms with Crippen LogP contribution in [0, 0.1) is 19.8 Å². The first-order valence-corrected chi connectivity index (χ1v) is 9.34. The molecule has 6 nitrogen and oxygen atoms in total. The molecule has 2 aromatic rings. The summed E-state index contributed by atoms with van der Waals surface area (Å²) in [6.45, 7) is 10.1. The van der Waals surface area contributed by atoms with Crippen LogP contribution in [0.15, 0.2) is 28.8 Å². The van der Waals surface area contributed by atoms with E-state index in [2.05, 4.69) is 24.3 Å². The molecule has 1 amide bonds. The van der Waals surface area contributed by atoms with Crippen LogP contribution in [-0.4, -0.2) is 28.3 Å². The molecule has 0 aliphatic rings. The van der Waals surface area contributed by atoms with Crippen molar-refractivity contribution in [3.05, 3.63) is 46.8 Å². The van der Waals surface area contributed by atoms with E-state index < -0.39 is 5.60 Å². The van der Waals surface area contributed by atoms with Gasteiger partial charge in [-0.3, -0.25) is 4.79 Å². The van der Waals surface area contributed by atoms with E-state index in [1.165, 1.54) is 0 Å². The van der Waals surface area contributed by atoms with Gasteiger partial charge in [0.2, 0.25) is 0 Å². The van der Waals surface area contributed by atoms with Crippen molar-refractivity contribution in [1.82, 2.24) is 10.5 Å². The van der Waals surface area contributed by atoms with Crippen molar-refractivity contribution in [2.24, 2.45) is 5.92 Å². The van der Waals surface area contributed by atoms with Gasteiger partial charge in [0.1, 0.15) is 18.1 Å². The van der Waals surface area contributed by atoms with Gasteiger partial charge in [-0.15, -0.1) is 0 Å². The number of hydrogen-bond acceptors (Lipinski definition) is 5. The lowest BCUT2D eigenvalue weighted by atomic mass is 9.95. The Morgan fingerprint density at radius 3 is 2.67 bits per heavy atom. The second-order valence-electron chi connectivity index (χ2n) is 7.70. The molecule has 0 saturated carbocycles. The summed E-state index contributed by atoms with van der Waals surface area (Å²) in [5.41, 5.74) is 1.15. The molecule has 0 aliphatic carbocycles. The monoisotopic (exact) mass is 374 g/mol. The van der Waals surface area contributed by atoms with E-state index in [0.717, 1.165) is 17.7 Å². The summed E-state index contributed by atoms with van der Waals surface area (Å²) in [5.74, 6) is 1.42.